The molecule has 1 aliphatic carbocycles. The summed E-state index contributed by atoms with van der Waals surface area (Å²) in [5, 5.41) is 18.3. The van der Waals surface area contributed by atoms with Crippen molar-refractivity contribution in [3.8, 4) is 0 Å². The fraction of sp³-hybridized carbons (Fsp3) is 0.800. The van der Waals surface area contributed by atoms with Gasteiger partial charge in [-0.2, -0.15) is 5.10 Å². The fourth-order valence-electron chi connectivity index (χ4n) is 3.00. The van der Waals surface area contributed by atoms with Crippen LogP contribution in [0.1, 0.15) is 45.6 Å². The van der Waals surface area contributed by atoms with E-state index < -0.39 is 5.60 Å². The lowest BCUT2D eigenvalue weighted by atomic mass is 9.78. The number of rotatable bonds is 4. The lowest BCUT2D eigenvalue weighted by Crippen LogP contribution is -2.46. The van der Waals surface area contributed by atoms with Gasteiger partial charge in [-0.05, 0) is 25.2 Å². The van der Waals surface area contributed by atoms with Gasteiger partial charge >= 0.3 is 0 Å². The number of hydrogen-bond acceptors (Lipinski definition) is 3. The summed E-state index contributed by atoms with van der Waals surface area (Å²) in [5.74, 6) is 1.45. The van der Waals surface area contributed by atoms with Gasteiger partial charge < -0.3 is 10.4 Å². The van der Waals surface area contributed by atoms with Gasteiger partial charge in [0.15, 0.2) is 0 Å². The van der Waals surface area contributed by atoms with E-state index in [0.29, 0.717) is 18.5 Å². The smallest absolute Gasteiger partial charge is 0.102 e. The number of hydrogen-bond donors (Lipinski definition) is 2. The number of aromatic nitrogens is 2. The molecule has 0 amide bonds. The van der Waals surface area contributed by atoms with Gasteiger partial charge in [-0.3, -0.25) is 4.68 Å². The molecule has 19 heavy (non-hydrogen) atoms. The van der Waals surface area contributed by atoms with Gasteiger partial charge in [-0.25, -0.2) is 0 Å². The zero-order valence-electron chi connectivity index (χ0n) is 12.6. The highest BCUT2D eigenvalue weighted by atomic mass is 16.3. The summed E-state index contributed by atoms with van der Waals surface area (Å²) in [4.78, 5) is 0. The van der Waals surface area contributed by atoms with E-state index in [1.807, 2.05) is 20.2 Å². The molecule has 0 aromatic carbocycles. The Labute approximate surface area is 116 Å². The Balaban J connectivity index is 1.94. The standard InChI is InChI=1S/C15H27N3O/c1-11-6-5-7-14(12(11)2)16-10-15(3,19)13-8-17-18(4)9-13/h8-9,11-12,14,16,19H,5-7,10H2,1-4H3/t11-,12-,14+,15+/m1/s1. The molecule has 1 aromatic heterocycles. The van der Waals surface area contributed by atoms with Crippen molar-refractivity contribution in [3.05, 3.63) is 18.0 Å². The van der Waals surface area contributed by atoms with Crippen molar-refractivity contribution in [2.24, 2.45) is 18.9 Å². The van der Waals surface area contributed by atoms with Crippen molar-refractivity contribution in [2.45, 2.75) is 51.7 Å². The first kappa shape index (κ1) is 14.5. The van der Waals surface area contributed by atoms with Crippen LogP contribution in [0.25, 0.3) is 0 Å². The first-order valence-electron chi connectivity index (χ1n) is 7.35. The lowest BCUT2D eigenvalue weighted by molar-refractivity contribution is 0.0468. The van der Waals surface area contributed by atoms with Gasteiger partial charge in [0, 0.05) is 31.4 Å². The molecule has 0 aliphatic heterocycles. The summed E-state index contributed by atoms with van der Waals surface area (Å²) in [6.07, 6.45) is 7.47. The van der Waals surface area contributed by atoms with Gasteiger partial charge in [0.05, 0.1) is 6.20 Å². The van der Waals surface area contributed by atoms with Crippen LogP contribution in [0, 0.1) is 11.8 Å². The maximum absolute atomic E-state index is 10.6. The minimum atomic E-state index is -0.853. The van der Waals surface area contributed by atoms with E-state index in [0.717, 1.165) is 11.5 Å². The van der Waals surface area contributed by atoms with E-state index in [2.05, 4.69) is 24.3 Å². The average molecular weight is 265 g/mol. The van der Waals surface area contributed by atoms with Crippen LogP contribution in [-0.2, 0) is 12.6 Å². The molecule has 0 spiro atoms. The predicted octanol–water partition coefficient (Wildman–Crippen LogP) is 2.04. The summed E-state index contributed by atoms with van der Waals surface area (Å²) in [7, 11) is 1.87. The maximum atomic E-state index is 10.6. The van der Waals surface area contributed by atoms with Crippen LogP contribution in [-0.4, -0.2) is 27.5 Å². The van der Waals surface area contributed by atoms with Crippen molar-refractivity contribution in [1.29, 1.82) is 0 Å². The molecular weight excluding hydrogens is 238 g/mol. The van der Waals surface area contributed by atoms with E-state index in [9.17, 15) is 5.11 Å². The van der Waals surface area contributed by atoms with E-state index in [-0.39, 0.29) is 0 Å². The second-order valence-corrected chi connectivity index (χ2v) is 6.43. The highest BCUT2D eigenvalue weighted by Gasteiger charge is 2.30. The SMILES string of the molecule is C[C@@H]1[C@H](C)CCC[C@@H]1NC[C@](C)(O)c1cnn(C)c1. The fourth-order valence-corrected chi connectivity index (χ4v) is 3.00. The zero-order valence-corrected chi connectivity index (χ0v) is 12.6. The highest BCUT2D eigenvalue weighted by Crippen LogP contribution is 2.30. The molecule has 1 aliphatic rings. The third kappa shape index (κ3) is 3.37. The van der Waals surface area contributed by atoms with E-state index >= 15 is 0 Å². The molecule has 0 saturated heterocycles. The number of aryl methyl sites for hydroxylation is 1. The number of aliphatic hydroxyl groups is 1. The Morgan fingerprint density at radius 3 is 2.84 bits per heavy atom. The Kier molecular flexibility index (Phi) is 4.31. The molecule has 0 bridgehead atoms. The molecule has 0 radical (unpaired) electrons. The molecule has 1 fully saturated rings. The molecule has 108 valence electrons. The van der Waals surface area contributed by atoms with Crippen LogP contribution in [0.3, 0.4) is 0 Å². The van der Waals surface area contributed by atoms with Gasteiger partial charge in [-0.15, -0.1) is 0 Å². The summed E-state index contributed by atoms with van der Waals surface area (Å²) >= 11 is 0. The second kappa shape index (κ2) is 5.63. The maximum Gasteiger partial charge on any atom is 0.102 e. The average Bonchev–Trinajstić information content (AvgIpc) is 2.79. The molecule has 1 heterocycles. The van der Waals surface area contributed by atoms with Crippen LogP contribution in [0.5, 0.6) is 0 Å². The topological polar surface area (TPSA) is 50.1 Å². The van der Waals surface area contributed by atoms with Crippen molar-refractivity contribution < 1.29 is 5.11 Å². The van der Waals surface area contributed by atoms with Crippen LogP contribution < -0.4 is 5.32 Å². The van der Waals surface area contributed by atoms with Gasteiger partial charge in [-0.1, -0.05) is 26.7 Å². The zero-order chi connectivity index (χ0) is 14.0. The summed E-state index contributed by atoms with van der Waals surface area (Å²) < 4.78 is 1.73. The van der Waals surface area contributed by atoms with E-state index in [4.69, 9.17) is 0 Å². The quantitative estimate of drug-likeness (QED) is 0.876. The van der Waals surface area contributed by atoms with Crippen LogP contribution in [0.15, 0.2) is 12.4 Å². The number of nitrogens with zero attached hydrogens (tertiary/aromatic N) is 2. The van der Waals surface area contributed by atoms with E-state index in [1.54, 1.807) is 10.9 Å². The van der Waals surface area contributed by atoms with Gasteiger partial charge in [0.2, 0.25) is 0 Å². The van der Waals surface area contributed by atoms with Crippen molar-refractivity contribution in [3.63, 3.8) is 0 Å². The third-order valence-corrected chi connectivity index (χ3v) is 4.74. The summed E-state index contributed by atoms with van der Waals surface area (Å²) in [5.41, 5.74) is 0.0216. The van der Waals surface area contributed by atoms with Crippen molar-refractivity contribution in [1.82, 2.24) is 15.1 Å². The Bertz CT molecular complexity index is 413. The molecule has 2 rings (SSSR count). The minimum absolute atomic E-state index is 0.520. The van der Waals surface area contributed by atoms with Gasteiger partial charge in [0.25, 0.3) is 0 Å². The first-order chi connectivity index (χ1) is 8.90. The van der Waals surface area contributed by atoms with Crippen LogP contribution in [0.4, 0.5) is 0 Å². The third-order valence-electron chi connectivity index (χ3n) is 4.74. The normalized spacial score (nSPS) is 31.1. The largest absolute Gasteiger partial charge is 0.384 e. The van der Waals surface area contributed by atoms with Crippen molar-refractivity contribution >= 4 is 0 Å². The second-order valence-electron chi connectivity index (χ2n) is 6.43. The molecule has 1 aromatic rings. The Morgan fingerprint density at radius 1 is 1.47 bits per heavy atom. The Morgan fingerprint density at radius 2 is 2.21 bits per heavy atom. The first-order valence-corrected chi connectivity index (χ1v) is 7.35. The highest BCUT2D eigenvalue weighted by molar-refractivity contribution is 5.14. The van der Waals surface area contributed by atoms with Gasteiger partial charge in [0.1, 0.15) is 5.60 Å². The summed E-state index contributed by atoms with van der Waals surface area (Å²) in [6, 6.07) is 0.520. The monoisotopic (exact) mass is 265 g/mol. The minimum Gasteiger partial charge on any atom is -0.384 e. The molecule has 2 N–H and O–H groups in total. The molecule has 4 heteroatoms. The molecule has 4 atom stereocenters. The molecule has 0 unspecified atom stereocenters. The lowest BCUT2D eigenvalue weighted by Gasteiger charge is -2.36. The van der Waals surface area contributed by atoms with E-state index in [1.165, 1.54) is 19.3 Å². The molecular formula is C15H27N3O. The number of nitrogens with one attached hydrogen (secondary N) is 1. The predicted molar refractivity (Wildman–Crippen MR) is 76.7 cm³/mol. The van der Waals surface area contributed by atoms with Crippen LogP contribution >= 0.6 is 0 Å². The Hall–Kier alpha value is -0.870. The molecule has 4 nitrogen and oxygen atoms in total. The summed E-state index contributed by atoms with van der Waals surface area (Å²) in [6.45, 7) is 7.09. The van der Waals surface area contributed by atoms with Crippen LogP contribution in [0.2, 0.25) is 0 Å². The molecule has 1 saturated carbocycles. The van der Waals surface area contributed by atoms with Crippen molar-refractivity contribution in [2.75, 3.05) is 6.54 Å².